The SMILES string of the molecule is Cc1cccc(CCn2nc(C)c3c([N+](=O)[O-])cccc32)n1. The van der Waals surface area contributed by atoms with Crippen molar-refractivity contribution in [3.05, 3.63) is 63.6 Å². The zero-order valence-corrected chi connectivity index (χ0v) is 12.5. The molecule has 0 radical (unpaired) electrons. The molecule has 112 valence electrons. The summed E-state index contributed by atoms with van der Waals surface area (Å²) in [5.74, 6) is 0. The van der Waals surface area contributed by atoms with Crippen LogP contribution in [0.2, 0.25) is 0 Å². The Morgan fingerprint density at radius 2 is 1.95 bits per heavy atom. The van der Waals surface area contributed by atoms with E-state index >= 15 is 0 Å². The Bertz CT molecular complexity index is 854. The van der Waals surface area contributed by atoms with Gasteiger partial charge in [0.2, 0.25) is 0 Å². The van der Waals surface area contributed by atoms with E-state index in [4.69, 9.17) is 0 Å². The first kappa shape index (κ1) is 14.2. The smallest absolute Gasteiger partial charge is 0.264 e. The van der Waals surface area contributed by atoms with Crippen molar-refractivity contribution in [1.29, 1.82) is 0 Å². The van der Waals surface area contributed by atoms with Gasteiger partial charge in [0.15, 0.2) is 0 Å². The minimum Gasteiger partial charge on any atom is -0.264 e. The molecule has 0 N–H and O–H groups in total. The summed E-state index contributed by atoms with van der Waals surface area (Å²) in [5, 5.41) is 16.2. The number of nitro benzene ring substituents is 1. The van der Waals surface area contributed by atoms with Crippen LogP contribution in [0.1, 0.15) is 17.1 Å². The summed E-state index contributed by atoms with van der Waals surface area (Å²) < 4.78 is 1.82. The zero-order chi connectivity index (χ0) is 15.7. The lowest BCUT2D eigenvalue weighted by Gasteiger charge is -2.04. The highest BCUT2D eigenvalue weighted by Gasteiger charge is 2.18. The zero-order valence-electron chi connectivity index (χ0n) is 12.5. The van der Waals surface area contributed by atoms with E-state index in [0.29, 0.717) is 17.6 Å². The molecule has 0 saturated heterocycles. The fourth-order valence-corrected chi connectivity index (χ4v) is 2.68. The van der Waals surface area contributed by atoms with Crippen molar-refractivity contribution in [3.63, 3.8) is 0 Å². The maximum Gasteiger partial charge on any atom is 0.280 e. The molecule has 1 aromatic carbocycles. The second kappa shape index (κ2) is 5.55. The third-order valence-corrected chi connectivity index (χ3v) is 3.65. The number of pyridine rings is 1. The standard InChI is InChI=1S/C16H16N4O2/c1-11-5-3-6-13(17-11)9-10-19-14-7-4-8-15(20(21)22)16(14)12(2)18-19/h3-8H,9-10H2,1-2H3. The molecular formula is C16H16N4O2. The first-order valence-electron chi connectivity index (χ1n) is 7.09. The predicted octanol–water partition coefficient (Wildman–Crippen LogP) is 3.20. The number of nitrogens with zero attached hydrogens (tertiary/aromatic N) is 4. The Morgan fingerprint density at radius 1 is 1.18 bits per heavy atom. The van der Waals surface area contributed by atoms with Crippen LogP contribution >= 0.6 is 0 Å². The molecule has 6 heteroatoms. The summed E-state index contributed by atoms with van der Waals surface area (Å²) >= 11 is 0. The highest BCUT2D eigenvalue weighted by Crippen LogP contribution is 2.28. The van der Waals surface area contributed by atoms with Crippen LogP contribution in [0.4, 0.5) is 5.69 Å². The summed E-state index contributed by atoms with van der Waals surface area (Å²) in [4.78, 5) is 15.3. The number of benzene rings is 1. The van der Waals surface area contributed by atoms with Gasteiger partial charge in [-0.15, -0.1) is 0 Å². The van der Waals surface area contributed by atoms with E-state index in [2.05, 4.69) is 10.1 Å². The molecule has 22 heavy (non-hydrogen) atoms. The summed E-state index contributed by atoms with van der Waals surface area (Å²) in [6.07, 6.45) is 0.737. The van der Waals surface area contributed by atoms with Crippen molar-refractivity contribution < 1.29 is 4.92 Å². The highest BCUT2D eigenvalue weighted by molar-refractivity contribution is 5.90. The molecule has 0 aliphatic heterocycles. The topological polar surface area (TPSA) is 73.8 Å². The molecule has 0 saturated carbocycles. The Hall–Kier alpha value is -2.76. The van der Waals surface area contributed by atoms with Crippen molar-refractivity contribution in [2.45, 2.75) is 26.8 Å². The van der Waals surface area contributed by atoms with E-state index < -0.39 is 0 Å². The van der Waals surface area contributed by atoms with Crippen molar-refractivity contribution in [2.24, 2.45) is 0 Å². The molecule has 6 nitrogen and oxygen atoms in total. The van der Waals surface area contributed by atoms with Crippen LogP contribution in [-0.2, 0) is 13.0 Å². The quantitative estimate of drug-likeness (QED) is 0.547. The van der Waals surface area contributed by atoms with Crippen molar-refractivity contribution in [2.75, 3.05) is 0 Å². The third kappa shape index (κ3) is 2.55. The molecule has 0 amide bonds. The van der Waals surface area contributed by atoms with Crippen LogP contribution < -0.4 is 0 Å². The molecular weight excluding hydrogens is 280 g/mol. The minimum absolute atomic E-state index is 0.106. The fraction of sp³-hybridized carbons (Fsp3) is 0.250. The molecule has 2 aromatic heterocycles. The lowest BCUT2D eigenvalue weighted by atomic mass is 10.2. The van der Waals surface area contributed by atoms with Gasteiger partial charge < -0.3 is 0 Å². The Balaban J connectivity index is 1.95. The molecule has 0 bridgehead atoms. The van der Waals surface area contributed by atoms with Gasteiger partial charge in [-0.2, -0.15) is 5.10 Å². The molecule has 0 aliphatic rings. The minimum atomic E-state index is -0.358. The molecule has 2 heterocycles. The van der Waals surface area contributed by atoms with Crippen LogP contribution in [0.25, 0.3) is 10.9 Å². The van der Waals surface area contributed by atoms with E-state index in [1.165, 1.54) is 6.07 Å². The molecule has 0 fully saturated rings. The van der Waals surface area contributed by atoms with Gasteiger partial charge in [-0.1, -0.05) is 12.1 Å². The number of rotatable bonds is 4. The van der Waals surface area contributed by atoms with Gasteiger partial charge in [-0.3, -0.25) is 19.8 Å². The third-order valence-electron chi connectivity index (χ3n) is 3.65. The van der Waals surface area contributed by atoms with Crippen LogP contribution in [0.5, 0.6) is 0 Å². The van der Waals surface area contributed by atoms with E-state index in [-0.39, 0.29) is 10.6 Å². The second-order valence-electron chi connectivity index (χ2n) is 5.26. The van der Waals surface area contributed by atoms with Gasteiger partial charge in [0.05, 0.1) is 16.1 Å². The van der Waals surface area contributed by atoms with Gasteiger partial charge in [0.1, 0.15) is 5.39 Å². The monoisotopic (exact) mass is 296 g/mol. The van der Waals surface area contributed by atoms with Gasteiger partial charge in [0.25, 0.3) is 5.69 Å². The molecule has 3 rings (SSSR count). The number of hydrogen-bond donors (Lipinski definition) is 0. The number of non-ortho nitro benzene ring substituents is 1. The molecule has 3 aromatic rings. The van der Waals surface area contributed by atoms with E-state index in [1.54, 1.807) is 13.0 Å². The molecule has 0 spiro atoms. The van der Waals surface area contributed by atoms with E-state index in [9.17, 15) is 10.1 Å². The second-order valence-corrected chi connectivity index (χ2v) is 5.26. The lowest BCUT2D eigenvalue weighted by Crippen LogP contribution is -2.05. The summed E-state index contributed by atoms with van der Waals surface area (Å²) in [5.41, 5.74) is 3.55. The first-order valence-corrected chi connectivity index (χ1v) is 7.09. The van der Waals surface area contributed by atoms with Crippen LogP contribution in [0.3, 0.4) is 0 Å². The maximum atomic E-state index is 11.2. The largest absolute Gasteiger partial charge is 0.280 e. The predicted molar refractivity (Wildman–Crippen MR) is 83.8 cm³/mol. The van der Waals surface area contributed by atoms with Gasteiger partial charge in [0, 0.05) is 30.4 Å². The number of hydrogen-bond acceptors (Lipinski definition) is 4. The van der Waals surface area contributed by atoms with Crippen molar-refractivity contribution in [3.8, 4) is 0 Å². The number of fused-ring (bicyclic) bond motifs is 1. The van der Waals surface area contributed by atoms with Crippen molar-refractivity contribution in [1.82, 2.24) is 14.8 Å². The van der Waals surface area contributed by atoms with Gasteiger partial charge in [-0.25, -0.2) is 0 Å². The summed E-state index contributed by atoms with van der Waals surface area (Å²) in [7, 11) is 0. The maximum absolute atomic E-state index is 11.2. The fourth-order valence-electron chi connectivity index (χ4n) is 2.68. The average molecular weight is 296 g/mol. The average Bonchev–Trinajstić information content (AvgIpc) is 2.82. The first-order chi connectivity index (χ1) is 10.6. The Morgan fingerprint density at radius 3 is 2.68 bits per heavy atom. The Kier molecular flexibility index (Phi) is 3.58. The molecule has 0 aliphatic carbocycles. The molecule has 0 atom stereocenters. The number of aryl methyl sites for hydroxylation is 4. The van der Waals surface area contributed by atoms with Crippen LogP contribution in [-0.4, -0.2) is 19.7 Å². The Labute approximate surface area is 127 Å². The van der Waals surface area contributed by atoms with Crippen LogP contribution in [0, 0.1) is 24.0 Å². The van der Waals surface area contributed by atoms with E-state index in [0.717, 1.165) is 23.3 Å². The molecule has 0 unspecified atom stereocenters. The van der Waals surface area contributed by atoms with Gasteiger partial charge >= 0.3 is 0 Å². The summed E-state index contributed by atoms with van der Waals surface area (Å²) in [6, 6.07) is 11.0. The lowest BCUT2D eigenvalue weighted by molar-refractivity contribution is -0.383. The van der Waals surface area contributed by atoms with Crippen LogP contribution in [0.15, 0.2) is 36.4 Å². The normalized spacial score (nSPS) is 11.0. The number of nitro groups is 1. The highest BCUT2D eigenvalue weighted by atomic mass is 16.6. The number of aromatic nitrogens is 3. The van der Waals surface area contributed by atoms with Gasteiger partial charge in [-0.05, 0) is 32.0 Å². The summed E-state index contributed by atoms with van der Waals surface area (Å²) in [6.45, 7) is 4.40. The van der Waals surface area contributed by atoms with E-state index in [1.807, 2.05) is 35.9 Å². The van der Waals surface area contributed by atoms with Crippen molar-refractivity contribution >= 4 is 16.6 Å².